The van der Waals surface area contributed by atoms with Crippen LogP contribution < -0.4 is 19.5 Å². The van der Waals surface area contributed by atoms with Gasteiger partial charge in [-0.25, -0.2) is 26.8 Å². The molecule has 1 aliphatic rings. The van der Waals surface area contributed by atoms with Gasteiger partial charge in [0.15, 0.2) is 21.5 Å². The first-order chi connectivity index (χ1) is 21.1. The lowest BCUT2D eigenvalue weighted by molar-refractivity contribution is 0.291. The molecule has 0 spiro atoms. The molecule has 0 saturated carbocycles. The van der Waals surface area contributed by atoms with E-state index in [0.717, 1.165) is 12.0 Å². The van der Waals surface area contributed by atoms with Gasteiger partial charge in [0.05, 0.1) is 59.0 Å². The predicted octanol–water partition coefficient (Wildman–Crippen LogP) is 3.73. The molecule has 0 atom stereocenters. The molecule has 2 N–H and O–H groups in total. The van der Waals surface area contributed by atoms with Gasteiger partial charge in [-0.2, -0.15) is 5.26 Å². The van der Waals surface area contributed by atoms with Crippen LogP contribution in [0.5, 0.6) is 11.5 Å². The van der Waals surface area contributed by atoms with Gasteiger partial charge in [-0.1, -0.05) is 12.1 Å². The number of methoxy groups -OCH3 is 2. The van der Waals surface area contributed by atoms with E-state index >= 15 is 0 Å². The van der Waals surface area contributed by atoms with Gasteiger partial charge < -0.3 is 19.7 Å². The Kier molecular flexibility index (Phi) is 9.19. The molecule has 0 unspecified atom stereocenters. The number of rotatable bonds is 11. The highest BCUT2D eigenvalue weighted by atomic mass is 32.2. The van der Waals surface area contributed by atoms with Gasteiger partial charge in [-0.3, -0.25) is 4.72 Å². The van der Waals surface area contributed by atoms with Crippen LogP contribution in [0.2, 0.25) is 0 Å². The van der Waals surface area contributed by atoms with E-state index in [-0.39, 0.29) is 28.0 Å². The van der Waals surface area contributed by atoms with Gasteiger partial charge in [0.25, 0.3) is 10.0 Å². The van der Waals surface area contributed by atoms with Crippen LogP contribution in [0.15, 0.2) is 65.6 Å². The summed E-state index contributed by atoms with van der Waals surface area (Å²) in [6, 6.07) is 18.2. The lowest BCUT2D eigenvalue weighted by Gasteiger charge is -2.26. The molecule has 0 amide bonds. The van der Waals surface area contributed by atoms with Crippen LogP contribution in [-0.2, 0) is 26.3 Å². The van der Waals surface area contributed by atoms with Crippen LogP contribution in [0, 0.1) is 11.3 Å². The van der Waals surface area contributed by atoms with Gasteiger partial charge in [-0.05, 0) is 55.8 Å². The standard InChI is InChI=1S/C30H32N6O6S2/c1-41-22-18-27(24(28(19-22)42-2)6-5-13-36-14-16-43(37,38)17-15-36)34-29-30(33-26-8-4-3-7-25(26)32-29)35-44(39,40)23-11-9-21(20-31)10-12-23/h3-4,7-12,18-19H,5-6,13-17H2,1-2H3,(H,32,34)(H,33,35). The van der Waals surface area contributed by atoms with E-state index in [1.807, 2.05) is 12.1 Å². The highest BCUT2D eigenvalue weighted by Gasteiger charge is 2.23. The lowest BCUT2D eigenvalue weighted by atomic mass is 10.0. The number of hydrogen-bond donors (Lipinski definition) is 2. The van der Waals surface area contributed by atoms with E-state index in [0.29, 0.717) is 59.8 Å². The zero-order valence-electron chi connectivity index (χ0n) is 24.3. The third-order valence-corrected chi connectivity index (χ3v) is 10.3. The van der Waals surface area contributed by atoms with E-state index in [4.69, 9.17) is 19.7 Å². The number of anilines is 3. The summed E-state index contributed by atoms with van der Waals surface area (Å²) < 4.78 is 64.2. The van der Waals surface area contributed by atoms with Crippen molar-refractivity contribution in [2.24, 2.45) is 0 Å². The second-order valence-corrected chi connectivity index (χ2v) is 14.2. The summed E-state index contributed by atoms with van der Waals surface area (Å²) in [5.41, 5.74) is 2.77. The van der Waals surface area contributed by atoms with Gasteiger partial charge in [-0.15, -0.1) is 0 Å². The predicted molar refractivity (Wildman–Crippen MR) is 168 cm³/mol. The topological polar surface area (TPSA) is 164 Å². The van der Waals surface area contributed by atoms with E-state index in [1.165, 1.54) is 31.4 Å². The van der Waals surface area contributed by atoms with Crippen molar-refractivity contribution in [3.05, 3.63) is 71.8 Å². The minimum atomic E-state index is -4.09. The fourth-order valence-electron chi connectivity index (χ4n) is 4.92. The number of hydrogen-bond acceptors (Lipinski definition) is 11. The van der Waals surface area contributed by atoms with Crippen LogP contribution in [0.25, 0.3) is 11.0 Å². The number of para-hydroxylation sites is 2. The molecule has 0 aliphatic carbocycles. The fourth-order valence-corrected chi connectivity index (χ4v) is 7.21. The first-order valence-electron chi connectivity index (χ1n) is 13.9. The highest BCUT2D eigenvalue weighted by Crippen LogP contribution is 2.37. The number of fused-ring (bicyclic) bond motifs is 1. The number of ether oxygens (including phenoxy) is 2. The Labute approximate surface area is 256 Å². The van der Waals surface area contributed by atoms with Crippen molar-refractivity contribution in [2.45, 2.75) is 17.7 Å². The van der Waals surface area contributed by atoms with Crippen molar-refractivity contribution in [1.82, 2.24) is 14.9 Å². The van der Waals surface area contributed by atoms with Crippen LogP contribution in [0.1, 0.15) is 17.5 Å². The summed E-state index contributed by atoms with van der Waals surface area (Å²) in [5, 5.41) is 12.4. The molecule has 12 nitrogen and oxygen atoms in total. The quantitative estimate of drug-likeness (QED) is 0.247. The molecular formula is C30H32N6O6S2. The number of nitriles is 1. The average Bonchev–Trinajstić information content (AvgIpc) is 3.02. The van der Waals surface area contributed by atoms with E-state index in [9.17, 15) is 16.8 Å². The number of aromatic nitrogens is 2. The Balaban J connectivity index is 1.48. The molecule has 1 aromatic heterocycles. The molecular weight excluding hydrogens is 605 g/mol. The second kappa shape index (κ2) is 13.0. The molecule has 0 radical (unpaired) electrons. The Morgan fingerprint density at radius 3 is 2.23 bits per heavy atom. The zero-order chi connectivity index (χ0) is 31.3. The van der Waals surface area contributed by atoms with Crippen molar-refractivity contribution in [2.75, 3.05) is 55.4 Å². The van der Waals surface area contributed by atoms with E-state index in [2.05, 4.69) is 19.9 Å². The first kappa shape index (κ1) is 31.0. The molecule has 1 fully saturated rings. The average molecular weight is 637 g/mol. The number of benzene rings is 3. The van der Waals surface area contributed by atoms with Crippen molar-refractivity contribution < 1.29 is 26.3 Å². The van der Waals surface area contributed by atoms with Crippen molar-refractivity contribution in [3.63, 3.8) is 0 Å². The number of nitrogens with one attached hydrogen (secondary N) is 2. The molecule has 5 rings (SSSR count). The van der Waals surface area contributed by atoms with Gasteiger partial charge in [0.2, 0.25) is 0 Å². The maximum atomic E-state index is 13.4. The second-order valence-electron chi connectivity index (χ2n) is 10.2. The lowest BCUT2D eigenvalue weighted by Crippen LogP contribution is -2.40. The third-order valence-electron chi connectivity index (χ3n) is 7.32. The Hall–Kier alpha value is -4.45. The third kappa shape index (κ3) is 7.19. The molecule has 14 heteroatoms. The maximum absolute atomic E-state index is 13.4. The molecule has 3 aromatic carbocycles. The van der Waals surface area contributed by atoms with Crippen molar-refractivity contribution >= 4 is 48.2 Å². The molecule has 0 bridgehead atoms. The Morgan fingerprint density at radius 1 is 0.955 bits per heavy atom. The number of sulfone groups is 1. The monoisotopic (exact) mass is 636 g/mol. The molecule has 44 heavy (non-hydrogen) atoms. The number of sulfonamides is 1. The largest absolute Gasteiger partial charge is 0.497 e. The van der Waals surface area contributed by atoms with Crippen molar-refractivity contribution in [3.8, 4) is 17.6 Å². The fraction of sp³-hybridized carbons (Fsp3) is 0.300. The summed E-state index contributed by atoms with van der Waals surface area (Å²) in [6.07, 6.45) is 1.30. The summed E-state index contributed by atoms with van der Waals surface area (Å²) >= 11 is 0. The molecule has 2 heterocycles. The summed E-state index contributed by atoms with van der Waals surface area (Å²) in [5.74, 6) is 1.55. The summed E-state index contributed by atoms with van der Waals surface area (Å²) in [7, 11) is -3.96. The minimum absolute atomic E-state index is 0.0182. The summed E-state index contributed by atoms with van der Waals surface area (Å²) in [6.45, 7) is 1.71. The maximum Gasteiger partial charge on any atom is 0.263 e. The van der Waals surface area contributed by atoms with Crippen LogP contribution in [0.3, 0.4) is 0 Å². The van der Waals surface area contributed by atoms with Crippen molar-refractivity contribution in [1.29, 1.82) is 5.26 Å². The van der Waals surface area contributed by atoms with Crippen LogP contribution in [-0.4, -0.2) is 77.1 Å². The van der Waals surface area contributed by atoms with Gasteiger partial charge in [0, 0.05) is 30.8 Å². The van der Waals surface area contributed by atoms with Gasteiger partial charge >= 0.3 is 0 Å². The number of nitrogens with zero attached hydrogens (tertiary/aromatic N) is 4. The molecule has 1 saturated heterocycles. The summed E-state index contributed by atoms with van der Waals surface area (Å²) in [4.78, 5) is 11.4. The Bertz CT molecular complexity index is 1910. The first-order valence-corrected chi connectivity index (χ1v) is 17.2. The SMILES string of the molecule is COc1cc(Nc2nc3ccccc3nc2NS(=O)(=O)c2ccc(C#N)cc2)c(CCCN2CCS(=O)(=O)CC2)c(OC)c1. The minimum Gasteiger partial charge on any atom is -0.497 e. The van der Waals surface area contributed by atoms with E-state index < -0.39 is 19.9 Å². The van der Waals surface area contributed by atoms with E-state index in [1.54, 1.807) is 37.4 Å². The smallest absolute Gasteiger partial charge is 0.263 e. The zero-order valence-corrected chi connectivity index (χ0v) is 25.9. The Morgan fingerprint density at radius 2 is 1.61 bits per heavy atom. The molecule has 230 valence electrons. The van der Waals surface area contributed by atoms with Crippen LogP contribution in [0.4, 0.5) is 17.3 Å². The highest BCUT2D eigenvalue weighted by molar-refractivity contribution is 7.92. The molecule has 1 aliphatic heterocycles. The normalized spacial score (nSPS) is 14.9. The van der Waals surface area contributed by atoms with Crippen LogP contribution >= 0.6 is 0 Å². The molecule has 4 aromatic rings. The van der Waals surface area contributed by atoms with Gasteiger partial charge in [0.1, 0.15) is 11.5 Å².